The molecule has 0 N–H and O–H groups in total. The number of hydrogen-bond acceptors (Lipinski definition) is 3. The molecular formula is C19H22O3. The van der Waals surface area contributed by atoms with Crippen molar-refractivity contribution >= 4 is 5.97 Å². The maximum atomic E-state index is 12.3. The summed E-state index contributed by atoms with van der Waals surface area (Å²) < 4.78 is 10.7. The Hall–Kier alpha value is -2.29. The highest BCUT2D eigenvalue weighted by Gasteiger charge is 2.18. The van der Waals surface area contributed by atoms with E-state index in [0.717, 1.165) is 5.56 Å². The zero-order valence-electron chi connectivity index (χ0n) is 13.8. The Labute approximate surface area is 131 Å². The molecular weight excluding hydrogens is 276 g/mol. The van der Waals surface area contributed by atoms with Crippen molar-refractivity contribution in [3.05, 3.63) is 59.2 Å². The lowest BCUT2D eigenvalue weighted by molar-refractivity contribution is 0.0730. The number of aryl methyl sites for hydroxylation is 1. The van der Waals surface area contributed by atoms with Gasteiger partial charge >= 0.3 is 5.97 Å². The Kier molecular flexibility index (Phi) is 4.55. The molecule has 2 rings (SSSR count). The van der Waals surface area contributed by atoms with Gasteiger partial charge < -0.3 is 9.47 Å². The lowest BCUT2D eigenvalue weighted by Gasteiger charge is -2.20. The van der Waals surface area contributed by atoms with Crippen molar-refractivity contribution < 1.29 is 14.3 Å². The molecule has 0 saturated heterocycles. The summed E-state index contributed by atoms with van der Waals surface area (Å²) in [4.78, 5) is 12.3. The molecule has 0 saturated carbocycles. The second-order valence-electron chi connectivity index (χ2n) is 6.32. The van der Waals surface area contributed by atoms with Crippen molar-refractivity contribution in [3.8, 4) is 11.5 Å². The van der Waals surface area contributed by atoms with E-state index in [4.69, 9.17) is 9.47 Å². The lowest BCUT2D eigenvalue weighted by Crippen LogP contribution is -2.13. The van der Waals surface area contributed by atoms with Gasteiger partial charge in [0.1, 0.15) is 17.1 Å². The minimum Gasteiger partial charge on any atom is -0.496 e. The van der Waals surface area contributed by atoms with E-state index < -0.39 is 5.97 Å². The first-order valence-electron chi connectivity index (χ1n) is 7.29. The van der Waals surface area contributed by atoms with Crippen LogP contribution in [-0.2, 0) is 5.41 Å². The molecule has 0 atom stereocenters. The molecule has 116 valence electrons. The van der Waals surface area contributed by atoms with E-state index in [-0.39, 0.29) is 5.41 Å². The molecule has 0 fully saturated rings. The minimum atomic E-state index is -0.413. The van der Waals surface area contributed by atoms with Gasteiger partial charge in [0.15, 0.2) is 0 Å². The van der Waals surface area contributed by atoms with Crippen molar-refractivity contribution in [1.29, 1.82) is 0 Å². The van der Waals surface area contributed by atoms with Crippen molar-refractivity contribution in [3.63, 3.8) is 0 Å². The summed E-state index contributed by atoms with van der Waals surface area (Å²) in [6.07, 6.45) is 0. The maximum Gasteiger partial charge on any atom is 0.347 e. The smallest absolute Gasteiger partial charge is 0.347 e. The van der Waals surface area contributed by atoms with Crippen LogP contribution in [0, 0.1) is 6.92 Å². The molecule has 0 aromatic heterocycles. The summed E-state index contributed by atoms with van der Waals surface area (Å²) in [6, 6.07) is 13.0. The third-order valence-electron chi connectivity index (χ3n) is 3.57. The van der Waals surface area contributed by atoms with Crippen molar-refractivity contribution in [2.45, 2.75) is 33.1 Å². The predicted molar refractivity (Wildman–Crippen MR) is 87.8 cm³/mol. The van der Waals surface area contributed by atoms with Gasteiger partial charge in [-0.3, -0.25) is 0 Å². The molecule has 0 radical (unpaired) electrons. The van der Waals surface area contributed by atoms with Gasteiger partial charge in [-0.2, -0.15) is 0 Å². The summed E-state index contributed by atoms with van der Waals surface area (Å²) in [5.41, 5.74) is 2.64. The van der Waals surface area contributed by atoms with Gasteiger partial charge in [0.25, 0.3) is 0 Å². The summed E-state index contributed by atoms with van der Waals surface area (Å²) in [7, 11) is 1.54. The van der Waals surface area contributed by atoms with Crippen LogP contribution in [0.15, 0.2) is 42.5 Å². The number of para-hydroxylation sites is 1. The quantitative estimate of drug-likeness (QED) is 0.617. The highest BCUT2D eigenvalue weighted by Crippen LogP contribution is 2.28. The predicted octanol–water partition coefficient (Wildman–Crippen LogP) is 4.52. The molecule has 0 spiro atoms. The van der Waals surface area contributed by atoms with E-state index in [9.17, 15) is 4.79 Å². The molecule has 0 amide bonds. The summed E-state index contributed by atoms with van der Waals surface area (Å²) in [6.45, 7) is 8.41. The number of hydrogen-bond donors (Lipinski definition) is 0. The van der Waals surface area contributed by atoms with Gasteiger partial charge in [0.05, 0.1) is 7.11 Å². The zero-order chi connectivity index (χ0) is 16.3. The van der Waals surface area contributed by atoms with Crippen LogP contribution in [0.1, 0.15) is 42.3 Å². The SMILES string of the molecule is COc1ccccc1C(=O)Oc1ccc(C(C)(C)C)cc1C. The van der Waals surface area contributed by atoms with Gasteiger partial charge in [-0.25, -0.2) is 4.79 Å². The number of esters is 1. The molecule has 0 aliphatic rings. The van der Waals surface area contributed by atoms with Crippen LogP contribution >= 0.6 is 0 Å². The highest BCUT2D eigenvalue weighted by atomic mass is 16.5. The highest BCUT2D eigenvalue weighted by molar-refractivity contribution is 5.94. The molecule has 0 bridgehead atoms. The van der Waals surface area contributed by atoms with Crippen LogP contribution in [0.3, 0.4) is 0 Å². The minimum absolute atomic E-state index is 0.0654. The van der Waals surface area contributed by atoms with E-state index in [2.05, 4.69) is 26.8 Å². The number of carbonyl (C=O) groups excluding carboxylic acids is 1. The van der Waals surface area contributed by atoms with Crippen molar-refractivity contribution in [1.82, 2.24) is 0 Å². The van der Waals surface area contributed by atoms with Gasteiger partial charge in [-0.1, -0.05) is 45.0 Å². The molecule has 2 aromatic carbocycles. The molecule has 2 aromatic rings. The third kappa shape index (κ3) is 3.48. The fraction of sp³-hybridized carbons (Fsp3) is 0.316. The second-order valence-corrected chi connectivity index (χ2v) is 6.32. The first-order valence-corrected chi connectivity index (χ1v) is 7.29. The van der Waals surface area contributed by atoms with Crippen molar-refractivity contribution in [2.24, 2.45) is 0 Å². The normalized spacial score (nSPS) is 11.1. The number of rotatable bonds is 3. The van der Waals surface area contributed by atoms with Gasteiger partial charge in [-0.05, 0) is 41.7 Å². The molecule has 0 heterocycles. The molecule has 0 unspecified atom stereocenters. The van der Waals surface area contributed by atoms with Crippen LogP contribution < -0.4 is 9.47 Å². The number of ether oxygens (including phenoxy) is 2. The van der Waals surface area contributed by atoms with Crippen molar-refractivity contribution in [2.75, 3.05) is 7.11 Å². The fourth-order valence-corrected chi connectivity index (χ4v) is 2.20. The molecule has 3 heteroatoms. The average molecular weight is 298 g/mol. The fourth-order valence-electron chi connectivity index (χ4n) is 2.20. The lowest BCUT2D eigenvalue weighted by atomic mass is 9.86. The van der Waals surface area contributed by atoms with E-state index in [1.165, 1.54) is 12.7 Å². The van der Waals surface area contributed by atoms with E-state index in [1.807, 2.05) is 25.1 Å². The van der Waals surface area contributed by atoms with E-state index in [0.29, 0.717) is 17.1 Å². The Morgan fingerprint density at radius 1 is 1.00 bits per heavy atom. The van der Waals surface area contributed by atoms with Crippen LogP contribution in [0.4, 0.5) is 0 Å². The number of methoxy groups -OCH3 is 1. The Bertz CT molecular complexity index is 681. The third-order valence-corrected chi connectivity index (χ3v) is 3.57. The van der Waals surface area contributed by atoms with E-state index >= 15 is 0 Å². The summed E-state index contributed by atoms with van der Waals surface area (Å²) in [5, 5.41) is 0. The monoisotopic (exact) mass is 298 g/mol. The molecule has 0 aliphatic carbocycles. The average Bonchev–Trinajstić information content (AvgIpc) is 2.48. The Balaban J connectivity index is 2.26. The summed E-state index contributed by atoms with van der Waals surface area (Å²) >= 11 is 0. The van der Waals surface area contributed by atoms with Crippen LogP contribution in [-0.4, -0.2) is 13.1 Å². The van der Waals surface area contributed by atoms with Crippen LogP contribution in [0.25, 0.3) is 0 Å². The maximum absolute atomic E-state index is 12.3. The van der Waals surface area contributed by atoms with Crippen LogP contribution in [0.5, 0.6) is 11.5 Å². The van der Waals surface area contributed by atoms with Gasteiger partial charge in [0.2, 0.25) is 0 Å². The topological polar surface area (TPSA) is 35.5 Å². The Morgan fingerprint density at radius 3 is 2.27 bits per heavy atom. The second kappa shape index (κ2) is 6.22. The first-order chi connectivity index (χ1) is 10.3. The van der Waals surface area contributed by atoms with E-state index in [1.54, 1.807) is 18.2 Å². The standard InChI is InChI=1S/C19H22O3/c1-13-12-14(19(2,3)4)10-11-16(13)22-18(20)15-8-6-7-9-17(15)21-5/h6-12H,1-5H3. The molecule has 22 heavy (non-hydrogen) atoms. The molecule has 3 nitrogen and oxygen atoms in total. The van der Waals surface area contributed by atoms with Gasteiger partial charge in [0, 0.05) is 0 Å². The zero-order valence-corrected chi connectivity index (χ0v) is 13.8. The Morgan fingerprint density at radius 2 is 1.68 bits per heavy atom. The van der Waals surface area contributed by atoms with Crippen LogP contribution in [0.2, 0.25) is 0 Å². The molecule has 0 aliphatic heterocycles. The van der Waals surface area contributed by atoms with Gasteiger partial charge in [-0.15, -0.1) is 0 Å². The summed E-state index contributed by atoms with van der Waals surface area (Å²) in [5.74, 6) is 0.671. The number of benzene rings is 2. The first kappa shape index (κ1) is 16.1. The number of carbonyl (C=O) groups is 1. The largest absolute Gasteiger partial charge is 0.496 e.